The zero-order valence-electron chi connectivity index (χ0n) is 15.9. The number of sulfone groups is 1. The Hall–Kier alpha value is -1.24. The minimum atomic E-state index is -3.55. The van der Waals surface area contributed by atoms with Crippen molar-refractivity contribution in [2.45, 2.75) is 49.5 Å². The smallest absolute Gasteiger partial charge is 0.316 e. The molecule has 28 heavy (non-hydrogen) atoms. The Balaban J connectivity index is 1.31. The highest BCUT2D eigenvalue weighted by Gasteiger charge is 2.49. The Morgan fingerprint density at radius 3 is 2.18 bits per heavy atom. The topological polar surface area (TPSA) is 61.8 Å². The second-order valence-electron chi connectivity index (χ2n) is 9.17. The lowest BCUT2D eigenvalue weighted by Crippen LogP contribution is -2.46. The highest BCUT2D eigenvalue weighted by atomic mass is 35.5. The average Bonchev–Trinajstić information content (AvgIpc) is 2.62. The lowest BCUT2D eigenvalue weighted by Gasteiger charge is -2.51. The standard InChI is InChI=1S/C21H25ClO5S/c1-21(12-28(23,24)18-4-2-17(22)3-5-18)11-25-20(26-27-21)19-15-7-13-6-14(9-15)10-16(19)8-13/h2-5,13-16H,6-12H2,1H3. The first-order valence-electron chi connectivity index (χ1n) is 10.0. The molecular weight excluding hydrogens is 400 g/mol. The van der Waals surface area contributed by atoms with Gasteiger partial charge in [0, 0.05) is 10.6 Å². The monoisotopic (exact) mass is 424 g/mol. The van der Waals surface area contributed by atoms with Crippen molar-refractivity contribution in [1.82, 2.24) is 0 Å². The molecule has 0 aromatic heterocycles. The molecule has 1 aromatic carbocycles. The summed E-state index contributed by atoms with van der Waals surface area (Å²) in [7, 11) is -3.55. The van der Waals surface area contributed by atoms with Crippen LogP contribution in [-0.4, -0.2) is 26.4 Å². The van der Waals surface area contributed by atoms with Crippen LogP contribution in [0.1, 0.15) is 39.0 Å². The number of rotatable bonds is 3. The lowest BCUT2D eigenvalue weighted by molar-refractivity contribution is -0.390. The van der Waals surface area contributed by atoms with Crippen LogP contribution in [0.4, 0.5) is 0 Å². The summed E-state index contributed by atoms with van der Waals surface area (Å²) in [5.41, 5.74) is 0.212. The van der Waals surface area contributed by atoms with Gasteiger partial charge in [0.1, 0.15) is 6.61 Å². The molecule has 1 saturated heterocycles. The predicted octanol–water partition coefficient (Wildman–Crippen LogP) is 4.52. The molecule has 5 aliphatic rings. The molecule has 1 atom stereocenters. The van der Waals surface area contributed by atoms with Crippen molar-refractivity contribution in [3.63, 3.8) is 0 Å². The molecule has 7 heteroatoms. The van der Waals surface area contributed by atoms with Gasteiger partial charge in [-0.25, -0.2) is 8.42 Å². The molecule has 4 saturated carbocycles. The van der Waals surface area contributed by atoms with E-state index >= 15 is 0 Å². The van der Waals surface area contributed by atoms with E-state index in [0.29, 0.717) is 22.8 Å². The van der Waals surface area contributed by atoms with Gasteiger partial charge in [-0.2, -0.15) is 4.89 Å². The largest absolute Gasteiger partial charge is 0.460 e. The first kappa shape index (κ1) is 18.8. The minimum absolute atomic E-state index is 0.158. The summed E-state index contributed by atoms with van der Waals surface area (Å²) in [6.07, 6.45) is 6.28. The van der Waals surface area contributed by atoms with Crippen LogP contribution in [0.25, 0.3) is 0 Å². The number of allylic oxidation sites excluding steroid dienone is 1. The maximum Gasteiger partial charge on any atom is 0.316 e. The average molecular weight is 425 g/mol. The summed E-state index contributed by atoms with van der Waals surface area (Å²) >= 11 is 5.86. The Labute approximate surface area is 170 Å². The van der Waals surface area contributed by atoms with Gasteiger partial charge in [0.2, 0.25) is 0 Å². The summed E-state index contributed by atoms with van der Waals surface area (Å²) in [4.78, 5) is 11.4. The number of halogens is 1. The molecule has 5 fully saturated rings. The van der Waals surface area contributed by atoms with Crippen molar-refractivity contribution in [2.75, 3.05) is 12.4 Å². The molecule has 0 N–H and O–H groups in total. The summed E-state index contributed by atoms with van der Waals surface area (Å²) in [5, 5.41) is 0.498. The van der Waals surface area contributed by atoms with Crippen molar-refractivity contribution < 1.29 is 22.9 Å². The van der Waals surface area contributed by atoms with Crippen LogP contribution >= 0.6 is 11.6 Å². The first-order chi connectivity index (χ1) is 13.3. The summed E-state index contributed by atoms with van der Waals surface area (Å²) in [6.45, 7) is 1.86. The van der Waals surface area contributed by atoms with Gasteiger partial charge in [-0.3, -0.25) is 4.89 Å². The molecule has 1 aliphatic heterocycles. The van der Waals surface area contributed by atoms with Crippen molar-refractivity contribution in [3.05, 3.63) is 40.8 Å². The SMILES string of the molecule is CC1(CS(=O)(=O)c2ccc(Cl)cc2)COC(=C2C3CC4CC(C3)CC2C4)OO1. The van der Waals surface area contributed by atoms with Crippen LogP contribution in [0.5, 0.6) is 0 Å². The van der Waals surface area contributed by atoms with Crippen LogP contribution in [0, 0.1) is 23.7 Å². The van der Waals surface area contributed by atoms with Gasteiger partial charge < -0.3 is 4.74 Å². The molecule has 0 radical (unpaired) electrons. The van der Waals surface area contributed by atoms with Gasteiger partial charge in [0.05, 0.1) is 10.6 Å². The third-order valence-electron chi connectivity index (χ3n) is 6.75. The molecular formula is C21H25ClO5S. The van der Waals surface area contributed by atoms with Crippen LogP contribution in [0.2, 0.25) is 5.02 Å². The number of ether oxygens (including phenoxy) is 1. The van der Waals surface area contributed by atoms with E-state index < -0.39 is 15.4 Å². The third-order valence-corrected chi connectivity index (χ3v) is 8.98. The summed E-state index contributed by atoms with van der Waals surface area (Å²) in [5.74, 6) is 3.06. The van der Waals surface area contributed by atoms with Gasteiger partial charge >= 0.3 is 5.95 Å². The van der Waals surface area contributed by atoms with Crippen molar-refractivity contribution in [1.29, 1.82) is 0 Å². The van der Waals surface area contributed by atoms with Gasteiger partial charge in [-0.15, -0.1) is 0 Å². The number of benzene rings is 1. The quantitative estimate of drug-likeness (QED) is 0.667. The Bertz CT molecular complexity index is 865. The second kappa shape index (κ2) is 6.64. The molecule has 1 aromatic rings. The van der Waals surface area contributed by atoms with Gasteiger partial charge in [0.25, 0.3) is 0 Å². The van der Waals surface area contributed by atoms with Crippen LogP contribution in [0.3, 0.4) is 0 Å². The van der Waals surface area contributed by atoms with E-state index in [0.717, 1.165) is 11.8 Å². The highest BCUT2D eigenvalue weighted by Crippen LogP contribution is 2.57. The fourth-order valence-electron chi connectivity index (χ4n) is 5.75. The Kier molecular flexibility index (Phi) is 4.45. The maximum atomic E-state index is 12.8. The van der Waals surface area contributed by atoms with Crippen molar-refractivity contribution >= 4 is 21.4 Å². The van der Waals surface area contributed by atoms with Crippen molar-refractivity contribution in [2.24, 2.45) is 23.7 Å². The molecule has 0 amide bonds. The Morgan fingerprint density at radius 2 is 1.64 bits per heavy atom. The second-order valence-corrected chi connectivity index (χ2v) is 11.6. The molecule has 6 rings (SSSR count). The summed E-state index contributed by atoms with van der Waals surface area (Å²) in [6, 6.07) is 6.15. The third kappa shape index (κ3) is 3.33. The van der Waals surface area contributed by atoms with E-state index in [4.69, 9.17) is 26.1 Å². The normalized spacial score (nSPS) is 36.9. The Morgan fingerprint density at radius 1 is 1.04 bits per heavy atom. The van der Waals surface area contributed by atoms with E-state index in [2.05, 4.69) is 0 Å². The predicted molar refractivity (Wildman–Crippen MR) is 104 cm³/mol. The highest BCUT2D eigenvalue weighted by molar-refractivity contribution is 7.91. The van der Waals surface area contributed by atoms with E-state index in [1.807, 2.05) is 0 Å². The molecule has 152 valence electrons. The maximum absolute atomic E-state index is 12.8. The fraction of sp³-hybridized carbons (Fsp3) is 0.619. The molecule has 1 heterocycles. The van der Waals surface area contributed by atoms with Gasteiger partial charge in [0.15, 0.2) is 15.4 Å². The lowest BCUT2D eigenvalue weighted by atomic mass is 9.54. The zero-order valence-corrected chi connectivity index (χ0v) is 17.5. The number of hydrogen-bond acceptors (Lipinski definition) is 5. The molecule has 5 nitrogen and oxygen atoms in total. The minimum Gasteiger partial charge on any atom is -0.460 e. The number of hydrogen-bond donors (Lipinski definition) is 0. The molecule has 1 unspecified atom stereocenters. The van der Waals surface area contributed by atoms with Crippen LogP contribution in [0.15, 0.2) is 40.7 Å². The summed E-state index contributed by atoms with van der Waals surface area (Å²) < 4.78 is 31.5. The van der Waals surface area contributed by atoms with E-state index in [9.17, 15) is 8.42 Å². The van der Waals surface area contributed by atoms with E-state index in [1.54, 1.807) is 19.1 Å². The van der Waals surface area contributed by atoms with Gasteiger partial charge in [-0.05, 0) is 87.0 Å². The molecule has 4 bridgehead atoms. The van der Waals surface area contributed by atoms with E-state index in [1.165, 1.54) is 49.8 Å². The van der Waals surface area contributed by atoms with Crippen LogP contribution < -0.4 is 0 Å². The van der Waals surface area contributed by atoms with E-state index in [-0.39, 0.29) is 17.3 Å². The molecule has 4 aliphatic carbocycles. The van der Waals surface area contributed by atoms with Crippen molar-refractivity contribution in [3.8, 4) is 0 Å². The fourth-order valence-corrected chi connectivity index (χ4v) is 7.53. The first-order valence-corrected chi connectivity index (χ1v) is 12.1. The molecule has 0 spiro atoms. The zero-order chi connectivity index (χ0) is 19.5. The van der Waals surface area contributed by atoms with Crippen LogP contribution in [-0.2, 0) is 24.3 Å². The van der Waals surface area contributed by atoms with Gasteiger partial charge in [-0.1, -0.05) is 11.6 Å².